The Kier molecular flexibility index (Phi) is 6.95. The molecule has 4 nitrogen and oxygen atoms in total. The van der Waals surface area contributed by atoms with E-state index in [4.69, 9.17) is 0 Å². The van der Waals surface area contributed by atoms with Crippen LogP contribution in [-0.2, 0) is 16.0 Å². The van der Waals surface area contributed by atoms with E-state index < -0.39 is 17.7 Å². The van der Waals surface area contributed by atoms with Crippen LogP contribution in [0.2, 0.25) is 0 Å². The summed E-state index contributed by atoms with van der Waals surface area (Å²) in [6, 6.07) is 13.8. The molecule has 0 aliphatic heterocycles. The molecule has 1 aromatic heterocycles. The van der Waals surface area contributed by atoms with Crippen molar-refractivity contribution in [1.82, 2.24) is 5.32 Å². The maximum absolute atomic E-state index is 14.1. The summed E-state index contributed by atoms with van der Waals surface area (Å²) in [5, 5.41) is 4.93. The van der Waals surface area contributed by atoms with Crippen molar-refractivity contribution in [1.29, 1.82) is 0 Å². The minimum Gasteiger partial charge on any atom is -0.351 e. The van der Waals surface area contributed by atoms with Crippen molar-refractivity contribution < 1.29 is 18.4 Å². The Labute approximate surface area is 189 Å². The number of benzene rings is 2. The number of carbonyl (C=O) groups excluding carboxylic acids is 2. The lowest BCUT2D eigenvalue weighted by Crippen LogP contribution is -2.46. The third-order valence-electron chi connectivity index (χ3n) is 5.65. The second-order valence-corrected chi connectivity index (χ2v) is 8.98. The van der Waals surface area contributed by atoms with E-state index in [9.17, 15) is 18.4 Å². The average Bonchev–Trinajstić information content (AvgIpc) is 3.47. The van der Waals surface area contributed by atoms with Crippen molar-refractivity contribution in [3.05, 3.63) is 88.1 Å². The summed E-state index contributed by atoms with van der Waals surface area (Å²) >= 11 is 1.44. The summed E-state index contributed by atoms with van der Waals surface area (Å²) in [6.45, 7) is 0. The van der Waals surface area contributed by atoms with Gasteiger partial charge in [0.2, 0.25) is 11.8 Å². The minimum absolute atomic E-state index is 0.0344. The van der Waals surface area contributed by atoms with Gasteiger partial charge >= 0.3 is 0 Å². The Morgan fingerprint density at radius 2 is 1.75 bits per heavy atom. The molecule has 1 heterocycles. The van der Waals surface area contributed by atoms with E-state index in [0.29, 0.717) is 5.56 Å². The van der Waals surface area contributed by atoms with Crippen molar-refractivity contribution in [3.63, 3.8) is 0 Å². The van der Waals surface area contributed by atoms with Crippen molar-refractivity contribution >= 4 is 28.8 Å². The smallest absolute Gasteiger partial charge is 0.248 e. The normalized spacial score (nSPS) is 14.8. The van der Waals surface area contributed by atoms with Crippen LogP contribution in [0, 0.1) is 11.6 Å². The Hall–Kier alpha value is -3.06. The van der Waals surface area contributed by atoms with Gasteiger partial charge in [0.15, 0.2) is 0 Å². The molecule has 0 saturated heterocycles. The van der Waals surface area contributed by atoms with E-state index in [1.54, 1.807) is 6.07 Å². The van der Waals surface area contributed by atoms with E-state index >= 15 is 0 Å². The molecule has 1 unspecified atom stereocenters. The number of carbonyl (C=O) groups is 2. The number of thiophene rings is 1. The summed E-state index contributed by atoms with van der Waals surface area (Å²) in [6.07, 6.45) is 3.91. The highest BCUT2D eigenvalue weighted by atomic mass is 32.1. The summed E-state index contributed by atoms with van der Waals surface area (Å²) < 4.78 is 27.8. The van der Waals surface area contributed by atoms with Crippen LogP contribution in [0.3, 0.4) is 0 Å². The third kappa shape index (κ3) is 5.22. The Morgan fingerprint density at radius 1 is 1.00 bits per heavy atom. The minimum atomic E-state index is -1.05. The lowest BCUT2D eigenvalue weighted by atomic mass is 10.0. The van der Waals surface area contributed by atoms with Crippen molar-refractivity contribution in [2.75, 3.05) is 4.90 Å². The molecule has 166 valence electrons. The number of hydrogen-bond acceptors (Lipinski definition) is 3. The van der Waals surface area contributed by atoms with Gasteiger partial charge in [0, 0.05) is 16.6 Å². The molecule has 0 radical (unpaired) electrons. The Balaban J connectivity index is 1.76. The molecule has 7 heteroatoms. The molecule has 1 saturated carbocycles. The largest absolute Gasteiger partial charge is 0.351 e. The standard InChI is InChI=1S/C25H24F2N2O2S/c26-18-12-10-17(11-13-18)24(25(31)28-20-6-1-2-7-20)29(21-8-3-5-19(27)15-21)23(30)16-22-9-4-14-32-22/h3-5,8-15,20,24H,1-2,6-7,16H2,(H,28,31). The molecule has 1 atom stereocenters. The van der Waals surface area contributed by atoms with Crippen molar-refractivity contribution in [2.24, 2.45) is 0 Å². The molecule has 32 heavy (non-hydrogen) atoms. The topological polar surface area (TPSA) is 49.4 Å². The maximum Gasteiger partial charge on any atom is 0.248 e. The maximum atomic E-state index is 14.1. The molecule has 4 rings (SSSR count). The first-order valence-corrected chi connectivity index (χ1v) is 11.5. The number of anilines is 1. The molecule has 3 aromatic rings. The number of nitrogens with one attached hydrogen (secondary N) is 1. The van der Waals surface area contributed by atoms with Crippen LogP contribution in [-0.4, -0.2) is 17.9 Å². The van der Waals surface area contributed by atoms with E-state index in [1.165, 1.54) is 58.7 Å². The second kappa shape index (κ2) is 10.0. The molecule has 2 aromatic carbocycles. The van der Waals surface area contributed by atoms with Crippen molar-refractivity contribution in [3.8, 4) is 0 Å². The second-order valence-electron chi connectivity index (χ2n) is 7.94. The highest BCUT2D eigenvalue weighted by Crippen LogP contribution is 2.31. The molecule has 1 N–H and O–H groups in total. The number of halogens is 2. The number of nitrogens with zero attached hydrogens (tertiary/aromatic N) is 1. The monoisotopic (exact) mass is 454 g/mol. The first kappa shape index (κ1) is 22.1. The Morgan fingerprint density at radius 3 is 2.41 bits per heavy atom. The quantitative estimate of drug-likeness (QED) is 0.520. The fourth-order valence-electron chi connectivity index (χ4n) is 4.12. The van der Waals surface area contributed by atoms with Gasteiger partial charge < -0.3 is 5.32 Å². The fraction of sp³-hybridized carbons (Fsp3) is 0.280. The van der Waals surface area contributed by atoms with Gasteiger partial charge in [-0.2, -0.15) is 0 Å². The van der Waals surface area contributed by atoms with Crippen LogP contribution >= 0.6 is 11.3 Å². The van der Waals surface area contributed by atoms with Crippen LogP contribution < -0.4 is 10.2 Å². The zero-order valence-corrected chi connectivity index (χ0v) is 18.3. The Bertz CT molecular complexity index is 1060. The summed E-state index contributed by atoms with van der Waals surface area (Å²) in [4.78, 5) is 29.2. The molecular weight excluding hydrogens is 430 g/mol. The van der Waals surface area contributed by atoms with Gasteiger partial charge in [-0.1, -0.05) is 37.1 Å². The zero-order chi connectivity index (χ0) is 22.5. The highest BCUT2D eigenvalue weighted by molar-refractivity contribution is 7.10. The van der Waals surface area contributed by atoms with E-state index in [1.807, 2.05) is 17.5 Å². The number of hydrogen-bond donors (Lipinski definition) is 1. The molecule has 0 bridgehead atoms. The van der Waals surface area contributed by atoms with Gasteiger partial charge in [-0.3, -0.25) is 14.5 Å². The van der Waals surface area contributed by atoms with Gasteiger partial charge in [-0.05, 0) is 60.2 Å². The fourth-order valence-corrected chi connectivity index (χ4v) is 4.82. The summed E-state index contributed by atoms with van der Waals surface area (Å²) in [5.41, 5.74) is 0.744. The first-order chi connectivity index (χ1) is 15.5. The van der Waals surface area contributed by atoms with Gasteiger partial charge in [-0.25, -0.2) is 8.78 Å². The van der Waals surface area contributed by atoms with Gasteiger partial charge in [0.25, 0.3) is 0 Å². The molecule has 1 aliphatic carbocycles. The lowest BCUT2D eigenvalue weighted by molar-refractivity contribution is -0.127. The molecule has 2 amide bonds. The number of amides is 2. The predicted molar refractivity (Wildman–Crippen MR) is 121 cm³/mol. The molecular formula is C25H24F2N2O2S. The molecule has 1 fully saturated rings. The summed E-state index contributed by atoms with van der Waals surface area (Å²) in [5.74, 6) is -1.64. The van der Waals surface area contributed by atoms with E-state index in [2.05, 4.69) is 5.32 Å². The van der Waals surface area contributed by atoms with E-state index in [-0.39, 0.29) is 30.0 Å². The average molecular weight is 455 g/mol. The van der Waals surface area contributed by atoms with Crippen LogP contribution in [0.1, 0.15) is 42.2 Å². The molecule has 1 aliphatic rings. The van der Waals surface area contributed by atoms with E-state index in [0.717, 1.165) is 30.6 Å². The van der Waals surface area contributed by atoms with Crippen molar-refractivity contribution in [2.45, 2.75) is 44.2 Å². The van der Waals surface area contributed by atoms with Crippen LogP contribution in [0.15, 0.2) is 66.0 Å². The van der Waals surface area contributed by atoms with Gasteiger partial charge in [0.05, 0.1) is 6.42 Å². The van der Waals surface area contributed by atoms with Crippen LogP contribution in [0.5, 0.6) is 0 Å². The number of rotatable bonds is 7. The van der Waals surface area contributed by atoms with Crippen LogP contribution in [0.4, 0.5) is 14.5 Å². The lowest BCUT2D eigenvalue weighted by Gasteiger charge is -2.32. The third-order valence-corrected chi connectivity index (χ3v) is 6.53. The predicted octanol–water partition coefficient (Wildman–Crippen LogP) is 5.40. The SMILES string of the molecule is O=C(NC1CCCC1)C(c1ccc(F)cc1)N(C(=O)Cc1cccs1)c1cccc(F)c1. The first-order valence-electron chi connectivity index (χ1n) is 10.7. The highest BCUT2D eigenvalue weighted by Gasteiger charge is 2.34. The zero-order valence-electron chi connectivity index (χ0n) is 17.5. The summed E-state index contributed by atoms with van der Waals surface area (Å²) in [7, 11) is 0. The van der Waals surface area contributed by atoms with Gasteiger partial charge in [0.1, 0.15) is 17.7 Å². The van der Waals surface area contributed by atoms with Gasteiger partial charge in [-0.15, -0.1) is 11.3 Å². The van der Waals surface area contributed by atoms with Crippen LogP contribution in [0.25, 0.3) is 0 Å². The molecule has 0 spiro atoms.